The molecule has 1 N–H and O–H groups in total. The van der Waals surface area contributed by atoms with E-state index in [0.29, 0.717) is 18.2 Å². The van der Waals surface area contributed by atoms with Gasteiger partial charge >= 0.3 is 0 Å². The second-order valence-electron chi connectivity index (χ2n) is 5.58. The molecule has 1 aliphatic rings. The Morgan fingerprint density at radius 3 is 2.68 bits per heavy atom. The molecule has 0 amide bonds. The van der Waals surface area contributed by atoms with E-state index in [1.54, 1.807) is 0 Å². The monoisotopic (exact) mass is 281 g/mol. The van der Waals surface area contributed by atoms with Gasteiger partial charge in [-0.1, -0.05) is 37.3 Å². The van der Waals surface area contributed by atoms with Gasteiger partial charge in [0.2, 0.25) is 0 Å². The Balaban J connectivity index is 1.71. The summed E-state index contributed by atoms with van der Waals surface area (Å²) in [5, 5.41) is 3.17. The van der Waals surface area contributed by atoms with Crippen LogP contribution in [0.1, 0.15) is 25.3 Å². The van der Waals surface area contributed by atoms with Gasteiger partial charge in [-0.05, 0) is 37.3 Å². The van der Waals surface area contributed by atoms with Gasteiger partial charge in [-0.3, -0.25) is 0 Å². The van der Waals surface area contributed by atoms with Crippen molar-refractivity contribution < 1.29 is 8.42 Å². The Morgan fingerprint density at radius 2 is 2.05 bits per heavy atom. The maximum absolute atomic E-state index is 11.7. The van der Waals surface area contributed by atoms with Crippen LogP contribution in [0, 0.1) is 5.92 Å². The second kappa shape index (κ2) is 6.53. The summed E-state index contributed by atoms with van der Waals surface area (Å²) in [5.41, 5.74) is 1.34. The summed E-state index contributed by atoms with van der Waals surface area (Å²) >= 11 is 0. The fraction of sp³-hybridized carbons (Fsp3) is 0.600. The van der Waals surface area contributed by atoms with E-state index in [9.17, 15) is 8.42 Å². The smallest absolute Gasteiger partial charge is 0.154 e. The Labute approximate surface area is 116 Å². The lowest BCUT2D eigenvalue weighted by atomic mass is 10.0. The molecule has 0 aliphatic carbocycles. The average Bonchev–Trinajstić information content (AvgIpc) is 2.70. The molecular formula is C15H23NO2S. The Hall–Kier alpha value is -0.870. The highest BCUT2D eigenvalue weighted by atomic mass is 32.2. The normalized spacial score (nSPS) is 23.3. The van der Waals surface area contributed by atoms with Crippen molar-refractivity contribution >= 4 is 9.84 Å². The number of benzene rings is 1. The van der Waals surface area contributed by atoms with Crippen LogP contribution in [0.5, 0.6) is 0 Å². The molecule has 2 rings (SSSR count). The van der Waals surface area contributed by atoms with Gasteiger partial charge in [-0.15, -0.1) is 0 Å². The van der Waals surface area contributed by atoms with E-state index in [-0.39, 0.29) is 5.25 Å². The fourth-order valence-corrected chi connectivity index (χ4v) is 4.47. The highest BCUT2D eigenvalue weighted by molar-refractivity contribution is 7.92. The lowest BCUT2D eigenvalue weighted by molar-refractivity contribution is 0.500. The molecule has 1 saturated heterocycles. The molecule has 0 spiro atoms. The Morgan fingerprint density at radius 1 is 1.32 bits per heavy atom. The van der Waals surface area contributed by atoms with E-state index in [1.807, 2.05) is 6.07 Å². The van der Waals surface area contributed by atoms with Crippen LogP contribution in [-0.4, -0.2) is 32.5 Å². The van der Waals surface area contributed by atoms with Crippen LogP contribution in [0.15, 0.2) is 30.3 Å². The van der Waals surface area contributed by atoms with Crippen molar-refractivity contribution in [3.63, 3.8) is 0 Å². The molecule has 106 valence electrons. The summed E-state index contributed by atoms with van der Waals surface area (Å²) in [6, 6.07) is 10.4. The minimum Gasteiger partial charge on any atom is -0.315 e. The molecule has 1 heterocycles. The number of nitrogens with one attached hydrogen (secondary N) is 1. The zero-order chi connectivity index (χ0) is 13.7. The third kappa shape index (κ3) is 4.32. The van der Waals surface area contributed by atoms with Gasteiger partial charge in [0.05, 0.1) is 11.0 Å². The largest absolute Gasteiger partial charge is 0.315 e. The first-order chi connectivity index (χ1) is 9.08. The molecule has 2 atom stereocenters. The lowest BCUT2D eigenvalue weighted by Gasteiger charge is -2.15. The molecular weight excluding hydrogens is 258 g/mol. The predicted molar refractivity (Wildman–Crippen MR) is 79.0 cm³/mol. The summed E-state index contributed by atoms with van der Waals surface area (Å²) in [5.74, 6) is 0.894. The van der Waals surface area contributed by atoms with Gasteiger partial charge in [0, 0.05) is 6.54 Å². The standard InChI is InChI=1S/C15H23NO2S/c1-13(10-14-6-3-2-4-7-14)11-16-12-15-8-5-9-19(15,17)18/h2-4,6-7,13,15-16H,5,8-12H2,1H3/t13-,15+/m1/s1. The molecule has 0 bridgehead atoms. The summed E-state index contributed by atoms with van der Waals surface area (Å²) in [4.78, 5) is 0. The molecule has 3 nitrogen and oxygen atoms in total. The van der Waals surface area contributed by atoms with Crippen molar-refractivity contribution in [1.82, 2.24) is 5.32 Å². The Bertz CT molecular complexity index is 484. The van der Waals surface area contributed by atoms with Crippen molar-refractivity contribution in [3.8, 4) is 0 Å². The van der Waals surface area contributed by atoms with Crippen LogP contribution in [0.4, 0.5) is 0 Å². The van der Waals surface area contributed by atoms with Crippen molar-refractivity contribution in [1.29, 1.82) is 0 Å². The van der Waals surface area contributed by atoms with Crippen LogP contribution in [-0.2, 0) is 16.3 Å². The second-order valence-corrected chi connectivity index (χ2v) is 7.99. The maximum Gasteiger partial charge on any atom is 0.154 e. The number of rotatable bonds is 6. The first kappa shape index (κ1) is 14.5. The molecule has 4 heteroatoms. The molecule has 1 aromatic carbocycles. The highest BCUT2D eigenvalue weighted by Gasteiger charge is 2.30. The molecule has 1 aromatic rings. The third-order valence-electron chi connectivity index (χ3n) is 3.75. The first-order valence-electron chi connectivity index (χ1n) is 7.04. The SMILES string of the molecule is C[C@@H](CNC[C@@H]1CCCS1(=O)=O)Cc1ccccc1. The van der Waals surface area contributed by atoms with Crippen LogP contribution in [0.25, 0.3) is 0 Å². The van der Waals surface area contributed by atoms with E-state index < -0.39 is 9.84 Å². The van der Waals surface area contributed by atoms with Gasteiger partial charge < -0.3 is 5.32 Å². The quantitative estimate of drug-likeness (QED) is 0.868. The van der Waals surface area contributed by atoms with Gasteiger partial charge in [-0.2, -0.15) is 0 Å². The van der Waals surface area contributed by atoms with E-state index in [4.69, 9.17) is 0 Å². The average molecular weight is 281 g/mol. The summed E-state index contributed by atoms with van der Waals surface area (Å²) in [6.45, 7) is 3.69. The maximum atomic E-state index is 11.7. The van der Waals surface area contributed by atoms with Crippen LogP contribution < -0.4 is 5.32 Å². The highest BCUT2D eigenvalue weighted by Crippen LogP contribution is 2.19. The molecule has 19 heavy (non-hydrogen) atoms. The molecule has 0 saturated carbocycles. The van der Waals surface area contributed by atoms with E-state index >= 15 is 0 Å². The summed E-state index contributed by atoms with van der Waals surface area (Å²) < 4.78 is 23.4. The molecule has 1 aliphatic heterocycles. The van der Waals surface area contributed by atoms with E-state index in [1.165, 1.54) is 5.56 Å². The van der Waals surface area contributed by atoms with E-state index in [0.717, 1.165) is 25.8 Å². The van der Waals surface area contributed by atoms with E-state index in [2.05, 4.69) is 36.5 Å². The number of hydrogen-bond acceptors (Lipinski definition) is 3. The third-order valence-corrected chi connectivity index (χ3v) is 6.03. The van der Waals surface area contributed by atoms with Crippen molar-refractivity contribution in [2.45, 2.75) is 31.4 Å². The molecule has 0 aromatic heterocycles. The zero-order valence-corrected chi connectivity index (χ0v) is 12.3. The van der Waals surface area contributed by atoms with Crippen LogP contribution >= 0.6 is 0 Å². The minimum atomic E-state index is -2.81. The molecule has 0 unspecified atom stereocenters. The molecule has 0 radical (unpaired) electrons. The van der Waals surface area contributed by atoms with Gasteiger partial charge in [0.1, 0.15) is 0 Å². The van der Waals surface area contributed by atoms with Crippen LogP contribution in [0.3, 0.4) is 0 Å². The summed E-state index contributed by atoms with van der Waals surface area (Å²) in [6.07, 6.45) is 2.68. The van der Waals surface area contributed by atoms with Crippen LogP contribution in [0.2, 0.25) is 0 Å². The lowest BCUT2D eigenvalue weighted by Crippen LogP contribution is -2.33. The fourth-order valence-electron chi connectivity index (χ4n) is 2.67. The minimum absolute atomic E-state index is 0.156. The number of hydrogen-bond donors (Lipinski definition) is 1. The Kier molecular flexibility index (Phi) is 4.99. The topological polar surface area (TPSA) is 46.2 Å². The van der Waals surface area contributed by atoms with Gasteiger partial charge in [-0.25, -0.2) is 8.42 Å². The molecule has 1 fully saturated rings. The van der Waals surface area contributed by atoms with Crippen molar-refractivity contribution in [2.75, 3.05) is 18.8 Å². The summed E-state index contributed by atoms with van der Waals surface area (Å²) in [7, 11) is -2.81. The number of sulfone groups is 1. The van der Waals surface area contributed by atoms with Crippen molar-refractivity contribution in [3.05, 3.63) is 35.9 Å². The first-order valence-corrected chi connectivity index (χ1v) is 8.75. The van der Waals surface area contributed by atoms with Crippen molar-refractivity contribution in [2.24, 2.45) is 5.92 Å². The predicted octanol–water partition coefficient (Wildman–Crippen LogP) is 2.03. The van der Waals surface area contributed by atoms with Gasteiger partial charge in [0.15, 0.2) is 9.84 Å². The van der Waals surface area contributed by atoms with Gasteiger partial charge in [0.25, 0.3) is 0 Å². The zero-order valence-electron chi connectivity index (χ0n) is 11.5.